The third-order valence-corrected chi connectivity index (χ3v) is 2.31. The van der Waals surface area contributed by atoms with Gasteiger partial charge in [0.15, 0.2) is 0 Å². The molecule has 0 radical (unpaired) electrons. The van der Waals surface area contributed by atoms with Gasteiger partial charge >= 0.3 is 0 Å². The number of halogens is 2. The molecule has 0 aliphatic heterocycles. The topological polar surface area (TPSA) is 35.2 Å². The lowest BCUT2D eigenvalue weighted by Crippen LogP contribution is -2.03. The van der Waals surface area contributed by atoms with Crippen LogP contribution in [-0.4, -0.2) is 13.7 Å². The summed E-state index contributed by atoms with van der Waals surface area (Å²) >= 11 is 0. The van der Waals surface area contributed by atoms with Gasteiger partial charge in [-0.25, -0.2) is 4.39 Å². The molecule has 2 N–H and O–H groups in total. The summed E-state index contributed by atoms with van der Waals surface area (Å²) in [5, 5.41) is 0. The van der Waals surface area contributed by atoms with Crippen LogP contribution in [0.15, 0.2) is 36.2 Å². The Balaban J connectivity index is 0.00000225. The highest BCUT2D eigenvalue weighted by Crippen LogP contribution is 2.14. The van der Waals surface area contributed by atoms with Crippen molar-refractivity contribution in [1.82, 2.24) is 0 Å². The largest absolute Gasteiger partial charge is 0.497 e. The first-order valence-corrected chi connectivity index (χ1v) is 4.91. The number of methoxy groups -OCH3 is 1. The van der Waals surface area contributed by atoms with E-state index in [1.807, 2.05) is 24.3 Å². The molecule has 0 atom stereocenters. The summed E-state index contributed by atoms with van der Waals surface area (Å²) in [7, 11) is 1.63. The predicted molar refractivity (Wildman–Crippen MR) is 66.8 cm³/mol. The molecule has 0 aromatic heterocycles. The van der Waals surface area contributed by atoms with Gasteiger partial charge in [-0.2, -0.15) is 0 Å². The summed E-state index contributed by atoms with van der Waals surface area (Å²) in [4.78, 5) is 0. The summed E-state index contributed by atoms with van der Waals surface area (Å²) in [5.74, 6) is 0.832. The van der Waals surface area contributed by atoms with Crippen molar-refractivity contribution in [3.05, 3.63) is 41.7 Å². The molecule has 1 aromatic carbocycles. The molecule has 0 bridgehead atoms. The first-order chi connectivity index (χ1) is 7.30. The summed E-state index contributed by atoms with van der Waals surface area (Å²) in [6, 6.07) is 7.75. The highest BCUT2D eigenvalue weighted by Gasteiger charge is 1.98. The van der Waals surface area contributed by atoms with E-state index in [1.54, 1.807) is 7.11 Å². The number of ether oxygens (including phenoxy) is 1. The molecule has 0 aliphatic rings. The van der Waals surface area contributed by atoms with E-state index in [4.69, 9.17) is 10.5 Å². The van der Waals surface area contributed by atoms with E-state index in [0.29, 0.717) is 18.3 Å². The van der Waals surface area contributed by atoms with Crippen molar-refractivity contribution in [3.8, 4) is 5.75 Å². The van der Waals surface area contributed by atoms with Crippen molar-refractivity contribution in [3.63, 3.8) is 0 Å². The van der Waals surface area contributed by atoms with Crippen molar-refractivity contribution in [2.75, 3.05) is 13.7 Å². The molecule has 0 saturated carbocycles. The minimum atomic E-state index is 0. The minimum absolute atomic E-state index is 0. The number of benzene rings is 1. The van der Waals surface area contributed by atoms with Gasteiger partial charge in [-0.15, -0.1) is 12.4 Å². The predicted octanol–water partition coefficient (Wildman–Crippen LogP) is 2.86. The molecule has 0 spiro atoms. The zero-order valence-corrected chi connectivity index (χ0v) is 10.1. The standard InChI is InChI=1S/C12H16FNO.ClH/c1-15-12-6-4-10(5-7-12)2-3-11(8-13)9-14;/h4-8H,2-3,9,14H2,1H3;1H/b11-8+;. The highest BCUT2D eigenvalue weighted by molar-refractivity contribution is 5.85. The normalized spacial score (nSPS) is 10.8. The van der Waals surface area contributed by atoms with Crippen molar-refractivity contribution < 1.29 is 9.13 Å². The molecule has 90 valence electrons. The molecule has 1 rings (SSSR count). The zero-order valence-electron chi connectivity index (χ0n) is 9.28. The van der Waals surface area contributed by atoms with E-state index >= 15 is 0 Å². The fraction of sp³-hybridized carbons (Fsp3) is 0.333. The SMILES string of the molecule is COc1ccc(CC/C(=C\F)CN)cc1.Cl. The Morgan fingerprint density at radius 3 is 2.44 bits per heavy atom. The van der Waals surface area contributed by atoms with E-state index in [1.165, 1.54) is 0 Å². The number of aryl methyl sites for hydroxylation is 1. The second kappa shape index (κ2) is 8.13. The summed E-state index contributed by atoms with van der Waals surface area (Å²) in [5.41, 5.74) is 7.17. The van der Waals surface area contributed by atoms with E-state index in [9.17, 15) is 4.39 Å². The molecular formula is C12H17ClFNO. The van der Waals surface area contributed by atoms with E-state index in [2.05, 4.69) is 0 Å². The maximum atomic E-state index is 12.2. The van der Waals surface area contributed by atoms with Crippen LogP contribution < -0.4 is 10.5 Å². The maximum absolute atomic E-state index is 12.2. The van der Waals surface area contributed by atoms with Crippen LogP contribution in [0.25, 0.3) is 0 Å². The Labute approximate surface area is 102 Å². The van der Waals surface area contributed by atoms with Gasteiger partial charge < -0.3 is 10.5 Å². The molecule has 0 fully saturated rings. The van der Waals surface area contributed by atoms with Crippen LogP contribution in [0.3, 0.4) is 0 Å². The fourth-order valence-electron chi connectivity index (χ4n) is 1.30. The Bertz CT molecular complexity index is 324. The molecule has 0 aliphatic carbocycles. The minimum Gasteiger partial charge on any atom is -0.497 e. The van der Waals surface area contributed by atoms with Crippen molar-refractivity contribution in [2.45, 2.75) is 12.8 Å². The maximum Gasteiger partial charge on any atom is 0.118 e. The fourth-order valence-corrected chi connectivity index (χ4v) is 1.30. The van der Waals surface area contributed by atoms with Crippen LogP contribution in [0.4, 0.5) is 4.39 Å². The number of hydrogen-bond donors (Lipinski definition) is 1. The Hall–Kier alpha value is -1.06. The van der Waals surface area contributed by atoms with Gasteiger partial charge in [-0.05, 0) is 36.1 Å². The van der Waals surface area contributed by atoms with Crippen molar-refractivity contribution in [2.24, 2.45) is 5.73 Å². The molecular weight excluding hydrogens is 229 g/mol. The first kappa shape index (κ1) is 14.9. The quantitative estimate of drug-likeness (QED) is 0.866. The second-order valence-electron chi connectivity index (χ2n) is 3.32. The molecule has 0 amide bonds. The Morgan fingerprint density at radius 2 is 2.00 bits per heavy atom. The van der Waals surface area contributed by atoms with Gasteiger partial charge in [0.05, 0.1) is 13.4 Å². The summed E-state index contributed by atoms with van der Waals surface area (Å²) in [6.45, 7) is 0.284. The number of rotatable bonds is 5. The molecule has 0 heterocycles. The smallest absolute Gasteiger partial charge is 0.118 e. The van der Waals surface area contributed by atoms with Crippen LogP contribution in [0, 0.1) is 0 Å². The average Bonchev–Trinajstić information content (AvgIpc) is 2.31. The summed E-state index contributed by atoms with van der Waals surface area (Å²) < 4.78 is 17.3. The molecule has 4 heteroatoms. The van der Waals surface area contributed by atoms with Crippen LogP contribution in [-0.2, 0) is 6.42 Å². The first-order valence-electron chi connectivity index (χ1n) is 4.91. The Kier molecular flexibility index (Phi) is 7.60. The lowest BCUT2D eigenvalue weighted by molar-refractivity contribution is 0.414. The monoisotopic (exact) mass is 245 g/mol. The number of hydrogen-bond acceptors (Lipinski definition) is 2. The van der Waals surface area contributed by atoms with Crippen LogP contribution in [0.1, 0.15) is 12.0 Å². The Morgan fingerprint density at radius 1 is 1.38 bits per heavy atom. The van der Waals surface area contributed by atoms with Crippen LogP contribution in [0.2, 0.25) is 0 Å². The number of nitrogens with two attached hydrogens (primary N) is 1. The van der Waals surface area contributed by atoms with Crippen LogP contribution >= 0.6 is 12.4 Å². The molecule has 0 unspecified atom stereocenters. The molecule has 1 aromatic rings. The van der Waals surface area contributed by atoms with Gasteiger partial charge in [0, 0.05) is 6.54 Å². The highest BCUT2D eigenvalue weighted by atomic mass is 35.5. The van der Waals surface area contributed by atoms with Gasteiger partial charge in [-0.1, -0.05) is 12.1 Å². The third kappa shape index (κ3) is 4.64. The third-order valence-electron chi connectivity index (χ3n) is 2.31. The van der Waals surface area contributed by atoms with E-state index in [0.717, 1.165) is 17.7 Å². The van der Waals surface area contributed by atoms with E-state index < -0.39 is 0 Å². The van der Waals surface area contributed by atoms with Crippen molar-refractivity contribution in [1.29, 1.82) is 0 Å². The van der Waals surface area contributed by atoms with Gasteiger partial charge in [0.2, 0.25) is 0 Å². The molecule has 16 heavy (non-hydrogen) atoms. The second-order valence-corrected chi connectivity index (χ2v) is 3.32. The molecule has 2 nitrogen and oxygen atoms in total. The zero-order chi connectivity index (χ0) is 11.1. The summed E-state index contributed by atoms with van der Waals surface area (Å²) in [6.07, 6.45) is 2.07. The lowest BCUT2D eigenvalue weighted by Gasteiger charge is -2.04. The average molecular weight is 246 g/mol. The van der Waals surface area contributed by atoms with Gasteiger partial charge in [0.25, 0.3) is 0 Å². The van der Waals surface area contributed by atoms with E-state index in [-0.39, 0.29) is 19.0 Å². The van der Waals surface area contributed by atoms with Gasteiger partial charge in [-0.3, -0.25) is 0 Å². The van der Waals surface area contributed by atoms with Crippen LogP contribution in [0.5, 0.6) is 5.75 Å². The lowest BCUT2D eigenvalue weighted by atomic mass is 10.1. The van der Waals surface area contributed by atoms with Gasteiger partial charge in [0.1, 0.15) is 5.75 Å². The van der Waals surface area contributed by atoms with Crippen molar-refractivity contribution >= 4 is 12.4 Å². The molecule has 0 saturated heterocycles.